The second kappa shape index (κ2) is 9.14. The number of ketones is 1. The Morgan fingerprint density at radius 3 is 1.72 bits per heavy atom. The maximum atomic E-state index is 12.6. The summed E-state index contributed by atoms with van der Waals surface area (Å²) in [6.07, 6.45) is 0. The smallest absolute Gasteiger partial charge is 0.236 e. The Labute approximate surface area is 192 Å². The summed E-state index contributed by atoms with van der Waals surface area (Å²) in [6.45, 7) is 0. The molecule has 5 aromatic rings. The Balaban J connectivity index is 1.65. The van der Waals surface area contributed by atoms with Gasteiger partial charge in [0.25, 0.3) is 0 Å². The molecule has 152 valence electrons. The van der Waals surface area contributed by atoms with Gasteiger partial charge in [0.05, 0.1) is 0 Å². The van der Waals surface area contributed by atoms with Crippen molar-refractivity contribution >= 4 is 39.1 Å². The van der Waals surface area contributed by atoms with Gasteiger partial charge in [0, 0.05) is 21.8 Å². The van der Waals surface area contributed by atoms with Gasteiger partial charge < -0.3 is 0 Å². The van der Waals surface area contributed by atoms with Gasteiger partial charge in [-0.15, -0.1) is 11.8 Å². The predicted octanol–water partition coefficient (Wildman–Crippen LogP) is 7.52. The zero-order valence-corrected chi connectivity index (χ0v) is 18.2. The van der Waals surface area contributed by atoms with E-state index >= 15 is 0 Å². The van der Waals surface area contributed by atoms with Crippen LogP contribution in [0.15, 0.2) is 114 Å². The van der Waals surface area contributed by atoms with Crippen LogP contribution >= 0.6 is 11.8 Å². The Morgan fingerprint density at radius 1 is 0.625 bits per heavy atom. The molecule has 1 nitrogen and oxygen atoms in total. The third-order valence-electron chi connectivity index (χ3n) is 5.51. The minimum absolute atomic E-state index is 0.164. The molecule has 0 unspecified atom stereocenters. The average molecular weight is 429 g/mol. The van der Waals surface area contributed by atoms with Gasteiger partial charge in [0.15, 0.2) is 0 Å². The molecule has 0 aliphatic carbocycles. The Kier molecular flexibility index (Phi) is 5.75. The standard InChI is InChI=1S/C30H20OS/c31-30(22-11-3-1-4-12-22)20-19-28-24-15-7-9-17-26(24)29(27-18-10-8-16-25(27)28)21-32-23-13-5-2-6-14-23/h1-18H,21H2. The highest BCUT2D eigenvalue weighted by molar-refractivity contribution is 7.98. The van der Waals surface area contributed by atoms with Crippen LogP contribution in [-0.4, -0.2) is 5.78 Å². The largest absolute Gasteiger partial charge is 0.279 e. The zero-order valence-electron chi connectivity index (χ0n) is 17.4. The van der Waals surface area contributed by atoms with Gasteiger partial charge in [-0.3, -0.25) is 4.79 Å². The topological polar surface area (TPSA) is 17.1 Å². The van der Waals surface area contributed by atoms with Crippen LogP contribution in [0.3, 0.4) is 0 Å². The quantitative estimate of drug-likeness (QED) is 0.127. The van der Waals surface area contributed by atoms with Gasteiger partial charge >= 0.3 is 0 Å². The van der Waals surface area contributed by atoms with Crippen molar-refractivity contribution in [1.29, 1.82) is 0 Å². The molecule has 0 bridgehead atoms. The van der Waals surface area contributed by atoms with E-state index in [1.807, 2.05) is 48.2 Å². The molecular formula is C30H20OS. The highest BCUT2D eigenvalue weighted by Gasteiger charge is 2.13. The van der Waals surface area contributed by atoms with Crippen LogP contribution in [0.2, 0.25) is 0 Å². The van der Waals surface area contributed by atoms with E-state index in [1.54, 1.807) is 12.1 Å². The van der Waals surface area contributed by atoms with Crippen molar-refractivity contribution in [3.63, 3.8) is 0 Å². The van der Waals surface area contributed by atoms with E-state index in [0.717, 1.165) is 22.1 Å². The summed E-state index contributed by atoms with van der Waals surface area (Å²) >= 11 is 1.83. The maximum Gasteiger partial charge on any atom is 0.236 e. The van der Waals surface area contributed by atoms with Gasteiger partial charge in [-0.2, -0.15) is 0 Å². The Bertz CT molecular complexity index is 1420. The second-order valence-electron chi connectivity index (χ2n) is 7.49. The lowest BCUT2D eigenvalue weighted by atomic mass is 9.92. The summed E-state index contributed by atoms with van der Waals surface area (Å²) in [5.74, 6) is 6.80. The highest BCUT2D eigenvalue weighted by atomic mass is 32.2. The number of carbonyl (C=O) groups excluding carboxylic acids is 1. The molecule has 2 heteroatoms. The molecule has 0 aliphatic rings. The van der Waals surface area contributed by atoms with Crippen LogP contribution < -0.4 is 0 Å². The Hall–Kier alpha value is -3.80. The lowest BCUT2D eigenvalue weighted by Crippen LogP contribution is -1.95. The lowest BCUT2D eigenvalue weighted by molar-refractivity contribution is 0.105. The third-order valence-corrected chi connectivity index (χ3v) is 6.54. The van der Waals surface area contributed by atoms with Crippen molar-refractivity contribution in [2.45, 2.75) is 10.6 Å². The molecule has 5 aromatic carbocycles. The summed E-state index contributed by atoms with van der Waals surface area (Å²) in [5.41, 5.74) is 2.82. The summed E-state index contributed by atoms with van der Waals surface area (Å²) in [6, 6.07) is 36.4. The summed E-state index contributed by atoms with van der Waals surface area (Å²) < 4.78 is 0. The van der Waals surface area contributed by atoms with Crippen LogP contribution in [0.25, 0.3) is 21.5 Å². The van der Waals surface area contributed by atoms with Crippen molar-refractivity contribution in [2.24, 2.45) is 0 Å². The van der Waals surface area contributed by atoms with Crippen LogP contribution in [0.1, 0.15) is 21.5 Å². The van der Waals surface area contributed by atoms with E-state index < -0.39 is 0 Å². The van der Waals surface area contributed by atoms with Gasteiger partial charge in [-0.25, -0.2) is 0 Å². The van der Waals surface area contributed by atoms with Gasteiger partial charge in [-0.05, 0) is 45.2 Å². The molecule has 0 saturated heterocycles. The molecule has 0 atom stereocenters. The molecule has 0 amide bonds. The molecule has 0 fully saturated rings. The van der Waals surface area contributed by atoms with Crippen LogP contribution in [0.4, 0.5) is 0 Å². The number of hydrogen-bond acceptors (Lipinski definition) is 2. The van der Waals surface area contributed by atoms with Crippen molar-refractivity contribution in [3.05, 3.63) is 126 Å². The minimum atomic E-state index is -0.164. The van der Waals surface area contributed by atoms with Crippen molar-refractivity contribution in [1.82, 2.24) is 0 Å². The minimum Gasteiger partial charge on any atom is -0.279 e. The van der Waals surface area contributed by atoms with E-state index in [-0.39, 0.29) is 5.78 Å². The first-order valence-electron chi connectivity index (χ1n) is 10.5. The number of thioether (sulfide) groups is 1. The normalized spacial score (nSPS) is 10.6. The van der Waals surface area contributed by atoms with Crippen molar-refractivity contribution < 1.29 is 4.79 Å². The number of rotatable bonds is 4. The molecular weight excluding hydrogens is 408 g/mol. The monoisotopic (exact) mass is 428 g/mol. The number of carbonyl (C=O) groups is 1. The van der Waals surface area contributed by atoms with E-state index in [4.69, 9.17) is 0 Å². The molecule has 0 aliphatic heterocycles. The number of fused-ring (bicyclic) bond motifs is 2. The van der Waals surface area contributed by atoms with Gasteiger partial charge in [0.1, 0.15) is 0 Å². The molecule has 0 N–H and O–H groups in total. The molecule has 5 rings (SSSR count). The summed E-state index contributed by atoms with van der Waals surface area (Å²) in [4.78, 5) is 13.9. The molecule has 0 spiro atoms. The average Bonchev–Trinajstić information content (AvgIpc) is 2.87. The molecule has 0 saturated carbocycles. The zero-order chi connectivity index (χ0) is 21.8. The first-order chi connectivity index (χ1) is 15.8. The lowest BCUT2D eigenvalue weighted by Gasteiger charge is -2.14. The molecule has 32 heavy (non-hydrogen) atoms. The third kappa shape index (κ3) is 4.04. The van der Waals surface area contributed by atoms with E-state index in [2.05, 4.69) is 72.5 Å². The van der Waals surface area contributed by atoms with Crippen LogP contribution in [0, 0.1) is 11.8 Å². The van der Waals surface area contributed by atoms with E-state index in [1.165, 1.54) is 21.2 Å². The van der Waals surface area contributed by atoms with Gasteiger partial charge in [-0.1, -0.05) is 103 Å². The molecule has 0 aromatic heterocycles. The van der Waals surface area contributed by atoms with Gasteiger partial charge in [0.2, 0.25) is 5.78 Å². The van der Waals surface area contributed by atoms with Crippen molar-refractivity contribution in [2.75, 3.05) is 0 Å². The molecule has 0 heterocycles. The first kappa shape index (κ1) is 20.1. The predicted molar refractivity (Wildman–Crippen MR) is 135 cm³/mol. The fourth-order valence-corrected chi connectivity index (χ4v) is 4.93. The fourth-order valence-electron chi connectivity index (χ4n) is 3.96. The maximum absolute atomic E-state index is 12.6. The molecule has 0 radical (unpaired) electrons. The summed E-state index contributed by atoms with van der Waals surface area (Å²) in [7, 11) is 0. The van der Waals surface area contributed by atoms with Crippen LogP contribution in [0.5, 0.6) is 0 Å². The Morgan fingerprint density at radius 2 is 1.12 bits per heavy atom. The highest BCUT2D eigenvalue weighted by Crippen LogP contribution is 2.36. The SMILES string of the molecule is O=C(C#Cc1c2ccccc2c(CSc2ccccc2)c2ccccc12)c1ccccc1. The summed E-state index contributed by atoms with van der Waals surface area (Å²) in [5, 5.41) is 4.55. The van der Waals surface area contributed by atoms with Crippen LogP contribution in [-0.2, 0) is 5.75 Å². The fraction of sp³-hybridized carbons (Fsp3) is 0.0333. The number of hydrogen-bond donors (Lipinski definition) is 0. The second-order valence-corrected chi connectivity index (χ2v) is 8.54. The van der Waals surface area contributed by atoms with E-state index in [0.29, 0.717) is 5.56 Å². The first-order valence-corrected chi connectivity index (χ1v) is 11.5. The van der Waals surface area contributed by atoms with E-state index in [9.17, 15) is 4.79 Å². The number of Topliss-reactive ketones (excluding diaryl/α,β-unsaturated/α-hetero) is 1. The van der Waals surface area contributed by atoms with Crippen molar-refractivity contribution in [3.8, 4) is 11.8 Å². The number of benzene rings is 5.